The molecular weight excluding hydrogens is 232 g/mol. The van der Waals surface area contributed by atoms with Crippen molar-refractivity contribution in [1.82, 2.24) is 9.80 Å². The summed E-state index contributed by atoms with van der Waals surface area (Å²) < 4.78 is 0. The molecule has 2 amide bonds. The summed E-state index contributed by atoms with van der Waals surface area (Å²) in [6.07, 6.45) is -0.730. The van der Waals surface area contributed by atoms with Gasteiger partial charge in [0.15, 0.2) is 0 Å². The van der Waals surface area contributed by atoms with E-state index in [0.29, 0.717) is 6.42 Å². The standard InChI is InChI=1S/C13H18N2O3/c1-14(2)12(16)11(15(3)13(17)18)9-10-7-5-4-6-8-10/h4-8,11H,9H2,1-3H3,(H,17,18)/t11-/m0/s1. The number of amides is 2. The lowest BCUT2D eigenvalue weighted by Gasteiger charge is -2.27. The first-order valence-electron chi connectivity index (χ1n) is 5.64. The Balaban J connectivity index is 2.91. The molecule has 1 aromatic carbocycles. The molecule has 18 heavy (non-hydrogen) atoms. The molecule has 0 saturated heterocycles. The highest BCUT2D eigenvalue weighted by atomic mass is 16.4. The van der Waals surface area contributed by atoms with Crippen LogP contribution in [0.1, 0.15) is 5.56 Å². The van der Waals surface area contributed by atoms with E-state index in [1.807, 2.05) is 30.3 Å². The van der Waals surface area contributed by atoms with E-state index in [4.69, 9.17) is 5.11 Å². The monoisotopic (exact) mass is 250 g/mol. The minimum absolute atomic E-state index is 0.219. The van der Waals surface area contributed by atoms with Crippen LogP contribution in [0, 0.1) is 0 Å². The summed E-state index contributed by atoms with van der Waals surface area (Å²) in [5.41, 5.74) is 0.936. The largest absolute Gasteiger partial charge is 0.465 e. The van der Waals surface area contributed by atoms with E-state index in [1.54, 1.807) is 14.1 Å². The molecule has 0 aromatic heterocycles. The van der Waals surface area contributed by atoms with Gasteiger partial charge in [0.25, 0.3) is 0 Å². The predicted octanol–water partition coefficient (Wildman–Crippen LogP) is 1.30. The number of nitrogens with zero attached hydrogens (tertiary/aromatic N) is 2. The van der Waals surface area contributed by atoms with Gasteiger partial charge >= 0.3 is 6.09 Å². The molecule has 0 heterocycles. The molecule has 0 spiro atoms. The number of hydrogen-bond donors (Lipinski definition) is 1. The van der Waals surface area contributed by atoms with Gasteiger partial charge in [-0.2, -0.15) is 0 Å². The van der Waals surface area contributed by atoms with Crippen LogP contribution in [0.3, 0.4) is 0 Å². The van der Waals surface area contributed by atoms with Gasteiger partial charge < -0.3 is 10.0 Å². The Morgan fingerprint density at radius 3 is 2.17 bits per heavy atom. The van der Waals surface area contributed by atoms with Gasteiger partial charge in [0.2, 0.25) is 5.91 Å². The zero-order valence-electron chi connectivity index (χ0n) is 10.8. The Bertz CT molecular complexity index is 418. The zero-order chi connectivity index (χ0) is 13.7. The van der Waals surface area contributed by atoms with Crippen LogP contribution in [0.4, 0.5) is 4.79 Å². The van der Waals surface area contributed by atoms with Crippen molar-refractivity contribution >= 4 is 12.0 Å². The van der Waals surface area contributed by atoms with Crippen molar-refractivity contribution < 1.29 is 14.7 Å². The van der Waals surface area contributed by atoms with Crippen molar-refractivity contribution in [2.45, 2.75) is 12.5 Å². The van der Waals surface area contributed by atoms with E-state index in [2.05, 4.69) is 0 Å². The third-order valence-electron chi connectivity index (χ3n) is 2.77. The molecule has 0 radical (unpaired) electrons. The Hall–Kier alpha value is -2.04. The molecule has 0 fully saturated rings. The van der Waals surface area contributed by atoms with Gasteiger partial charge in [0.1, 0.15) is 6.04 Å². The van der Waals surface area contributed by atoms with Crippen molar-refractivity contribution in [3.63, 3.8) is 0 Å². The fraction of sp³-hybridized carbons (Fsp3) is 0.385. The zero-order valence-corrected chi connectivity index (χ0v) is 10.8. The number of rotatable bonds is 4. The summed E-state index contributed by atoms with van der Waals surface area (Å²) in [4.78, 5) is 25.5. The Morgan fingerprint density at radius 1 is 1.17 bits per heavy atom. The number of likely N-dealkylation sites (N-methyl/N-ethyl adjacent to an activating group) is 2. The van der Waals surface area contributed by atoms with Gasteiger partial charge in [-0.1, -0.05) is 30.3 Å². The highest BCUT2D eigenvalue weighted by Gasteiger charge is 2.28. The van der Waals surface area contributed by atoms with Crippen molar-refractivity contribution in [3.8, 4) is 0 Å². The molecule has 1 N–H and O–H groups in total. The average Bonchev–Trinajstić information content (AvgIpc) is 2.35. The van der Waals surface area contributed by atoms with Crippen LogP contribution in [0.2, 0.25) is 0 Å². The van der Waals surface area contributed by atoms with E-state index >= 15 is 0 Å². The Morgan fingerprint density at radius 2 is 1.72 bits per heavy atom. The highest BCUT2D eigenvalue weighted by Crippen LogP contribution is 2.10. The van der Waals surface area contributed by atoms with Crippen molar-refractivity contribution in [1.29, 1.82) is 0 Å². The SMILES string of the molecule is CN(C)C(=O)[C@H](Cc1ccccc1)N(C)C(=O)O. The van der Waals surface area contributed by atoms with E-state index in [0.717, 1.165) is 10.5 Å². The van der Waals surface area contributed by atoms with Crippen LogP contribution in [-0.2, 0) is 11.2 Å². The van der Waals surface area contributed by atoms with Gasteiger partial charge in [-0.05, 0) is 5.56 Å². The lowest BCUT2D eigenvalue weighted by atomic mass is 10.0. The summed E-state index contributed by atoms with van der Waals surface area (Å²) in [6, 6.07) is 8.69. The fourth-order valence-electron chi connectivity index (χ4n) is 1.66. The maximum atomic E-state index is 12.0. The summed E-state index contributed by atoms with van der Waals surface area (Å²) in [5, 5.41) is 9.02. The second-order valence-corrected chi connectivity index (χ2v) is 4.33. The number of carboxylic acid groups (broad SMARTS) is 1. The molecule has 0 aliphatic carbocycles. The fourth-order valence-corrected chi connectivity index (χ4v) is 1.66. The molecule has 0 unspecified atom stereocenters. The summed E-state index contributed by atoms with van der Waals surface area (Å²) in [5.74, 6) is -0.219. The van der Waals surface area contributed by atoms with Crippen LogP contribution in [0.5, 0.6) is 0 Å². The molecular formula is C13H18N2O3. The number of carbonyl (C=O) groups excluding carboxylic acids is 1. The maximum Gasteiger partial charge on any atom is 0.407 e. The molecule has 0 aliphatic heterocycles. The maximum absolute atomic E-state index is 12.0. The van der Waals surface area contributed by atoms with Crippen molar-refractivity contribution in [3.05, 3.63) is 35.9 Å². The number of carbonyl (C=O) groups is 2. The smallest absolute Gasteiger partial charge is 0.407 e. The van der Waals surface area contributed by atoms with Gasteiger partial charge in [-0.15, -0.1) is 0 Å². The molecule has 0 saturated carbocycles. The number of hydrogen-bond acceptors (Lipinski definition) is 2. The average molecular weight is 250 g/mol. The van der Waals surface area contributed by atoms with Gasteiger partial charge in [0.05, 0.1) is 0 Å². The van der Waals surface area contributed by atoms with Crippen molar-refractivity contribution in [2.75, 3.05) is 21.1 Å². The van der Waals surface area contributed by atoms with Crippen LogP contribution < -0.4 is 0 Å². The van der Waals surface area contributed by atoms with E-state index in [9.17, 15) is 9.59 Å². The van der Waals surface area contributed by atoms with E-state index < -0.39 is 12.1 Å². The molecule has 5 heteroatoms. The normalized spacial score (nSPS) is 11.7. The second kappa shape index (κ2) is 6.05. The molecule has 0 aliphatic rings. The van der Waals surface area contributed by atoms with Crippen LogP contribution >= 0.6 is 0 Å². The lowest BCUT2D eigenvalue weighted by molar-refractivity contribution is -0.133. The highest BCUT2D eigenvalue weighted by molar-refractivity contribution is 5.85. The van der Waals surface area contributed by atoms with Crippen LogP contribution in [-0.4, -0.2) is 54.1 Å². The molecule has 1 rings (SSSR count). The number of benzene rings is 1. The molecule has 0 bridgehead atoms. The first-order valence-corrected chi connectivity index (χ1v) is 5.64. The van der Waals surface area contributed by atoms with E-state index in [-0.39, 0.29) is 5.91 Å². The Kier molecular flexibility index (Phi) is 4.71. The third kappa shape index (κ3) is 3.48. The minimum atomic E-state index is -1.11. The topological polar surface area (TPSA) is 60.9 Å². The summed E-state index contributed by atoms with van der Waals surface area (Å²) in [6.45, 7) is 0. The summed E-state index contributed by atoms with van der Waals surface area (Å²) in [7, 11) is 4.66. The summed E-state index contributed by atoms with van der Waals surface area (Å²) >= 11 is 0. The molecule has 1 atom stereocenters. The van der Waals surface area contributed by atoms with Crippen molar-refractivity contribution in [2.24, 2.45) is 0 Å². The predicted molar refractivity (Wildman–Crippen MR) is 68.4 cm³/mol. The molecule has 1 aromatic rings. The van der Waals surface area contributed by atoms with E-state index in [1.165, 1.54) is 11.9 Å². The third-order valence-corrected chi connectivity index (χ3v) is 2.77. The van der Waals surface area contributed by atoms with Gasteiger partial charge in [-0.25, -0.2) is 4.79 Å². The molecule has 5 nitrogen and oxygen atoms in total. The first kappa shape index (κ1) is 14.0. The Labute approximate surface area is 107 Å². The second-order valence-electron chi connectivity index (χ2n) is 4.33. The minimum Gasteiger partial charge on any atom is -0.465 e. The van der Waals surface area contributed by atoms with Crippen LogP contribution in [0.25, 0.3) is 0 Å². The van der Waals surface area contributed by atoms with Gasteiger partial charge in [0, 0.05) is 27.6 Å². The first-order chi connectivity index (χ1) is 8.43. The van der Waals surface area contributed by atoms with Gasteiger partial charge in [-0.3, -0.25) is 9.69 Å². The lowest BCUT2D eigenvalue weighted by Crippen LogP contribution is -2.48. The van der Waals surface area contributed by atoms with Crippen LogP contribution in [0.15, 0.2) is 30.3 Å². The quantitative estimate of drug-likeness (QED) is 0.876. The molecule has 98 valence electrons.